The average molecular weight is 367 g/mol. The Morgan fingerprint density at radius 3 is 2.68 bits per heavy atom. The van der Waals surface area contributed by atoms with Crippen molar-refractivity contribution in [1.82, 2.24) is 15.0 Å². The number of nitrogens with zero attached hydrogens (tertiary/aromatic N) is 2. The molecule has 0 atom stereocenters. The summed E-state index contributed by atoms with van der Waals surface area (Å²) in [6.07, 6.45) is 0. The molecule has 0 aliphatic rings. The Kier molecular flexibility index (Phi) is 3.62. The third-order valence-electron chi connectivity index (χ3n) is 4.98. The molecule has 0 fully saturated rings. The first-order chi connectivity index (χ1) is 13.6. The number of nitrogens with one attached hydrogen (secondary N) is 1. The van der Waals surface area contributed by atoms with Gasteiger partial charge < -0.3 is 9.72 Å². The van der Waals surface area contributed by atoms with Crippen LogP contribution in [0.25, 0.3) is 44.1 Å². The molecule has 3 aromatic heterocycles. The number of esters is 1. The summed E-state index contributed by atoms with van der Waals surface area (Å²) in [5.74, 6) is -0.468. The van der Waals surface area contributed by atoms with Gasteiger partial charge >= 0.3 is 5.97 Å². The number of para-hydroxylation sites is 1. The van der Waals surface area contributed by atoms with Crippen molar-refractivity contribution in [1.29, 1.82) is 0 Å². The standard InChI is InChI=1S/C23H17N3O2/c1-13-7-9-17-14(11-13)8-10-19(24-17)22-21-16(12-20(26-22)23(27)28-2)15-5-3-4-6-18(15)25-21/h3-12,25H,1-2H3. The van der Waals surface area contributed by atoms with Crippen molar-refractivity contribution in [2.45, 2.75) is 6.92 Å². The largest absolute Gasteiger partial charge is 0.464 e. The lowest BCUT2D eigenvalue weighted by Gasteiger charge is -2.07. The van der Waals surface area contributed by atoms with Crippen molar-refractivity contribution in [3.05, 3.63) is 71.9 Å². The quantitative estimate of drug-likeness (QED) is 0.445. The molecule has 28 heavy (non-hydrogen) atoms. The molecule has 136 valence electrons. The predicted molar refractivity (Wildman–Crippen MR) is 110 cm³/mol. The van der Waals surface area contributed by atoms with Crippen molar-refractivity contribution < 1.29 is 9.53 Å². The van der Waals surface area contributed by atoms with Crippen molar-refractivity contribution in [2.75, 3.05) is 7.11 Å². The van der Waals surface area contributed by atoms with Gasteiger partial charge in [-0.1, -0.05) is 35.9 Å². The van der Waals surface area contributed by atoms with E-state index in [0.29, 0.717) is 11.4 Å². The van der Waals surface area contributed by atoms with Crippen LogP contribution in [0.5, 0.6) is 0 Å². The third kappa shape index (κ3) is 2.52. The van der Waals surface area contributed by atoms with Crippen molar-refractivity contribution in [3.8, 4) is 11.4 Å². The Morgan fingerprint density at radius 2 is 1.82 bits per heavy atom. The van der Waals surface area contributed by atoms with E-state index in [1.54, 1.807) is 6.07 Å². The molecule has 2 aromatic carbocycles. The van der Waals surface area contributed by atoms with Gasteiger partial charge in [-0.15, -0.1) is 0 Å². The maximum Gasteiger partial charge on any atom is 0.356 e. The predicted octanol–water partition coefficient (Wildman–Crippen LogP) is 5.03. The van der Waals surface area contributed by atoms with Crippen LogP contribution in [0.1, 0.15) is 16.1 Å². The summed E-state index contributed by atoms with van der Waals surface area (Å²) >= 11 is 0. The van der Waals surface area contributed by atoms with E-state index in [9.17, 15) is 4.79 Å². The summed E-state index contributed by atoms with van der Waals surface area (Å²) in [5.41, 5.74) is 5.52. The molecule has 1 N–H and O–H groups in total. The normalized spacial score (nSPS) is 11.4. The summed E-state index contributed by atoms with van der Waals surface area (Å²) in [5, 5.41) is 3.02. The van der Waals surface area contributed by atoms with E-state index in [0.717, 1.165) is 32.7 Å². The zero-order valence-corrected chi connectivity index (χ0v) is 15.5. The molecule has 0 bridgehead atoms. The van der Waals surface area contributed by atoms with E-state index in [1.165, 1.54) is 12.7 Å². The van der Waals surface area contributed by atoms with Crippen LogP contribution >= 0.6 is 0 Å². The smallest absolute Gasteiger partial charge is 0.356 e. The molecule has 3 heterocycles. The highest BCUT2D eigenvalue weighted by Crippen LogP contribution is 2.32. The summed E-state index contributed by atoms with van der Waals surface area (Å²) in [4.78, 5) is 25.1. The Morgan fingerprint density at radius 1 is 0.964 bits per heavy atom. The minimum absolute atomic E-state index is 0.264. The number of fused-ring (bicyclic) bond motifs is 4. The van der Waals surface area contributed by atoms with Gasteiger partial charge in [-0.2, -0.15) is 0 Å². The van der Waals surface area contributed by atoms with Crippen LogP contribution in [0.3, 0.4) is 0 Å². The molecule has 0 radical (unpaired) electrons. The minimum Gasteiger partial charge on any atom is -0.464 e. The Labute approximate surface area is 161 Å². The molecule has 0 aliphatic heterocycles. The maximum atomic E-state index is 12.2. The molecule has 5 nitrogen and oxygen atoms in total. The number of H-pyrrole nitrogens is 1. The first-order valence-electron chi connectivity index (χ1n) is 9.01. The van der Waals surface area contributed by atoms with Gasteiger partial charge in [0.1, 0.15) is 11.4 Å². The van der Waals surface area contributed by atoms with Crippen LogP contribution in [0, 0.1) is 6.92 Å². The number of benzene rings is 2. The number of ether oxygens (including phenoxy) is 1. The van der Waals surface area contributed by atoms with Gasteiger partial charge in [0.05, 0.1) is 23.8 Å². The van der Waals surface area contributed by atoms with Gasteiger partial charge in [-0.05, 0) is 37.3 Å². The van der Waals surface area contributed by atoms with Gasteiger partial charge in [0.2, 0.25) is 0 Å². The molecule has 5 aromatic rings. The second kappa shape index (κ2) is 6.16. The number of aromatic nitrogens is 3. The van der Waals surface area contributed by atoms with Crippen LogP contribution in [-0.2, 0) is 4.74 Å². The summed E-state index contributed by atoms with van der Waals surface area (Å²) in [6, 6.07) is 19.9. The SMILES string of the molecule is COC(=O)c1cc2c([nH]c3ccccc32)c(-c2ccc3cc(C)ccc3n2)n1. The Balaban J connectivity index is 1.84. The fraction of sp³-hybridized carbons (Fsp3) is 0.0870. The van der Waals surface area contributed by atoms with Gasteiger partial charge in [-0.25, -0.2) is 14.8 Å². The topological polar surface area (TPSA) is 67.9 Å². The van der Waals surface area contributed by atoms with Gasteiger partial charge in [-0.3, -0.25) is 0 Å². The first-order valence-corrected chi connectivity index (χ1v) is 9.01. The number of hydrogen-bond acceptors (Lipinski definition) is 4. The first kappa shape index (κ1) is 16.4. The minimum atomic E-state index is -0.468. The van der Waals surface area contributed by atoms with Crippen LogP contribution in [-0.4, -0.2) is 28.0 Å². The molecule has 5 heteroatoms. The van der Waals surface area contributed by atoms with Gasteiger partial charge in [0.25, 0.3) is 0 Å². The second-order valence-electron chi connectivity index (χ2n) is 6.83. The summed E-state index contributed by atoms with van der Waals surface area (Å²) < 4.78 is 4.92. The molecule has 5 rings (SSSR count). The third-order valence-corrected chi connectivity index (χ3v) is 4.98. The molecular weight excluding hydrogens is 350 g/mol. The lowest BCUT2D eigenvalue weighted by atomic mass is 10.1. The number of aromatic amines is 1. The van der Waals surface area contributed by atoms with Crippen LogP contribution in [0.2, 0.25) is 0 Å². The number of rotatable bonds is 2. The molecule has 0 saturated carbocycles. The number of methoxy groups -OCH3 is 1. The summed E-state index contributed by atoms with van der Waals surface area (Å²) in [7, 11) is 1.36. The zero-order valence-electron chi connectivity index (χ0n) is 15.5. The molecule has 0 amide bonds. The number of hydrogen-bond donors (Lipinski definition) is 1. The number of pyridine rings is 2. The van der Waals surface area contributed by atoms with Crippen molar-refractivity contribution >= 4 is 38.7 Å². The zero-order chi connectivity index (χ0) is 19.3. The fourth-order valence-corrected chi connectivity index (χ4v) is 3.62. The second-order valence-corrected chi connectivity index (χ2v) is 6.83. The molecular formula is C23H17N3O2. The van der Waals surface area contributed by atoms with E-state index in [1.807, 2.05) is 48.5 Å². The summed E-state index contributed by atoms with van der Waals surface area (Å²) in [6.45, 7) is 2.06. The van der Waals surface area contributed by atoms with Crippen LogP contribution < -0.4 is 0 Å². The lowest BCUT2D eigenvalue weighted by molar-refractivity contribution is 0.0594. The van der Waals surface area contributed by atoms with Crippen molar-refractivity contribution in [2.24, 2.45) is 0 Å². The maximum absolute atomic E-state index is 12.2. The van der Waals surface area contributed by atoms with E-state index < -0.39 is 5.97 Å². The van der Waals surface area contributed by atoms with E-state index in [-0.39, 0.29) is 5.69 Å². The Hall–Kier alpha value is -3.73. The highest BCUT2D eigenvalue weighted by atomic mass is 16.5. The van der Waals surface area contributed by atoms with E-state index in [4.69, 9.17) is 9.72 Å². The highest BCUT2D eigenvalue weighted by Gasteiger charge is 2.18. The van der Waals surface area contributed by atoms with Gasteiger partial charge in [0, 0.05) is 21.7 Å². The molecule has 0 spiro atoms. The molecule has 0 unspecified atom stereocenters. The monoisotopic (exact) mass is 367 g/mol. The fourth-order valence-electron chi connectivity index (χ4n) is 3.62. The number of aryl methyl sites for hydroxylation is 1. The number of carbonyl (C=O) groups excluding carboxylic acids is 1. The average Bonchev–Trinajstić information content (AvgIpc) is 3.10. The molecule has 0 aliphatic carbocycles. The lowest BCUT2D eigenvalue weighted by Crippen LogP contribution is -2.05. The van der Waals surface area contributed by atoms with Crippen LogP contribution in [0.4, 0.5) is 0 Å². The Bertz CT molecular complexity index is 1390. The van der Waals surface area contributed by atoms with E-state index in [2.05, 4.69) is 23.0 Å². The van der Waals surface area contributed by atoms with Gasteiger partial charge in [0.15, 0.2) is 0 Å². The highest BCUT2D eigenvalue weighted by molar-refractivity contribution is 6.12. The number of carbonyl (C=O) groups is 1. The van der Waals surface area contributed by atoms with Crippen LogP contribution in [0.15, 0.2) is 60.7 Å². The molecule has 0 saturated heterocycles. The van der Waals surface area contributed by atoms with E-state index >= 15 is 0 Å². The van der Waals surface area contributed by atoms with Crippen molar-refractivity contribution in [3.63, 3.8) is 0 Å².